The minimum Gasteiger partial charge on any atom is -0.488 e. The molecule has 0 saturated heterocycles. The second kappa shape index (κ2) is 10.3. The third-order valence-corrected chi connectivity index (χ3v) is 7.29. The summed E-state index contributed by atoms with van der Waals surface area (Å²) < 4.78 is 23.4. The van der Waals surface area contributed by atoms with Crippen molar-refractivity contribution in [3.63, 3.8) is 0 Å². The largest absolute Gasteiger partial charge is 0.488 e. The smallest absolute Gasteiger partial charge is 0.179 e. The van der Waals surface area contributed by atoms with Gasteiger partial charge in [-0.05, 0) is 65.6 Å². The summed E-state index contributed by atoms with van der Waals surface area (Å²) >= 11 is 6.37. The van der Waals surface area contributed by atoms with Crippen molar-refractivity contribution in [3.05, 3.63) is 77.1 Å². The number of halogens is 2. The topological polar surface area (TPSA) is 81.5 Å². The first-order valence-corrected chi connectivity index (χ1v) is 12.9. The van der Waals surface area contributed by atoms with Gasteiger partial charge >= 0.3 is 0 Å². The first kappa shape index (κ1) is 23.6. The van der Waals surface area contributed by atoms with Crippen LogP contribution in [0.3, 0.4) is 0 Å². The Kier molecular flexibility index (Phi) is 6.57. The predicted molar refractivity (Wildman–Crippen MR) is 141 cm³/mol. The standard InChI is InChI=1S/C28H26ClFN6O/c29-21-12-13-22(26(15-21)37-17-20-11-10-19(14-23(20)30)27-32-34-35-33-27)28-31-24-8-4-5-9-25(24)36(28)16-18-6-2-1-3-7-18/h4-5,8-15,18H,1-3,6-7,16-17H2,(H,32,33,34,35). The van der Waals surface area contributed by atoms with E-state index >= 15 is 0 Å². The van der Waals surface area contributed by atoms with E-state index < -0.39 is 5.82 Å². The molecule has 2 heterocycles. The zero-order valence-electron chi connectivity index (χ0n) is 20.2. The Morgan fingerprint density at radius 2 is 1.89 bits per heavy atom. The van der Waals surface area contributed by atoms with Crippen LogP contribution in [0, 0.1) is 11.7 Å². The molecule has 6 rings (SSSR count). The van der Waals surface area contributed by atoms with Gasteiger partial charge in [0.2, 0.25) is 0 Å². The lowest BCUT2D eigenvalue weighted by Gasteiger charge is -2.23. The molecule has 7 nitrogen and oxygen atoms in total. The highest BCUT2D eigenvalue weighted by Crippen LogP contribution is 2.36. The molecular weight excluding hydrogens is 491 g/mol. The lowest BCUT2D eigenvalue weighted by molar-refractivity contribution is 0.300. The maximum absolute atomic E-state index is 14.9. The number of hydrogen-bond donors (Lipinski definition) is 1. The number of fused-ring (bicyclic) bond motifs is 1. The SMILES string of the molecule is Fc1cc(-c2nnn[nH]2)ccc1COc1cc(Cl)ccc1-c1nc2ccccc2n1CC1CCCCC1. The summed E-state index contributed by atoms with van der Waals surface area (Å²) in [5.74, 6) is 2.03. The van der Waals surface area contributed by atoms with Crippen LogP contribution in [0.4, 0.5) is 4.39 Å². The second-order valence-electron chi connectivity index (χ2n) is 9.52. The van der Waals surface area contributed by atoms with Gasteiger partial charge in [0.1, 0.15) is 24.0 Å². The Labute approximate surface area is 218 Å². The molecule has 0 aliphatic heterocycles. The number of H-pyrrole nitrogens is 1. The number of para-hydroxylation sites is 2. The van der Waals surface area contributed by atoms with Crippen LogP contribution in [0.5, 0.6) is 5.75 Å². The number of nitrogens with zero attached hydrogens (tertiary/aromatic N) is 5. The van der Waals surface area contributed by atoms with Gasteiger partial charge in [0.05, 0.1) is 16.6 Å². The van der Waals surface area contributed by atoms with Crippen molar-refractivity contribution in [1.82, 2.24) is 30.2 Å². The predicted octanol–water partition coefficient (Wildman–Crippen LogP) is 6.84. The molecule has 2 aromatic heterocycles. The zero-order valence-corrected chi connectivity index (χ0v) is 21.0. The molecule has 37 heavy (non-hydrogen) atoms. The van der Waals surface area contributed by atoms with E-state index in [0.29, 0.717) is 33.6 Å². The molecule has 0 spiro atoms. The van der Waals surface area contributed by atoms with Gasteiger partial charge in [-0.25, -0.2) is 14.5 Å². The van der Waals surface area contributed by atoms with Gasteiger partial charge < -0.3 is 9.30 Å². The number of aromatic nitrogens is 6. The van der Waals surface area contributed by atoms with E-state index in [4.69, 9.17) is 21.3 Å². The first-order valence-electron chi connectivity index (χ1n) is 12.6. The van der Waals surface area contributed by atoms with Crippen LogP contribution in [0.25, 0.3) is 33.8 Å². The quantitative estimate of drug-likeness (QED) is 0.256. The number of tetrazole rings is 1. The maximum atomic E-state index is 14.9. The average Bonchev–Trinajstić information content (AvgIpc) is 3.58. The monoisotopic (exact) mass is 516 g/mol. The maximum Gasteiger partial charge on any atom is 0.179 e. The van der Waals surface area contributed by atoms with E-state index in [-0.39, 0.29) is 6.61 Å². The van der Waals surface area contributed by atoms with Gasteiger partial charge in [0, 0.05) is 22.7 Å². The summed E-state index contributed by atoms with van der Waals surface area (Å²) in [6, 6.07) is 18.6. The van der Waals surface area contributed by atoms with Crippen LogP contribution >= 0.6 is 11.6 Å². The Morgan fingerprint density at radius 3 is 2.70 bits per heavy atom. The molecule has 1 N–H and O–H groups in total. The molecule has 0 unspecified atom stereocenters. The highest BCUT2D eigenvalue weighted by molar-refractivity contribution is 6.30. The van der Waals surface area contributed by atoms with E-state index in [2.05, 4.69) is 31.3 Å². The third-order valence-electron chi connectivity index (χ3n) is 7.06. The number of rotatable bonds is 7. The van der Waals surface area contributed by atoms with Crippen molar-refractivity contribution < 1.29 is 9.13 Å². The summed E-state index contributed by atoms with van der Waals surface area (Å²) in [5, 5.41) is 14.1. The Hall–Kier alpha value is -3.78. The van der Waals surface area contributed by atoms with E-state index in [9.17, 15) is 4.39 Å². The number of imidazole rings is 1. The van der Waals surface area contributed by atoms with Crippen LogP contribution in [0.1, 0.15) is 37.7 Å². The molecule has 0 amide bonds. The van der Waals surface area contributed by atoms with Crippen molar-refractivity contribution in [3.8, 4) is 28.5 Å². The van der Waals surface area contributed by atoms with Gasteiger partial charge in [0.15, 0.2) is 5.82 Å². The summed E-state index contributed by atoms with van der Waals surface area (Å²) in [6.45, 7) is 0.946. The normalized spacial score (nSPS) is 14.3. The minimum absolute atomic E-state index is 0.0387. The minimum atomic E-state index is -0.401. The Balaban J connectivity index is 1.33. The second-order valence-corrected chi connectivity index (χ2v) is 9.96. The fraction of sp³-hybridized carbons (Fsp3) is 0.286. The molecule has 9 heteroatoms. The Bertz CT molecular complexity index is 1530. The van der Waals surface area contributed by atoms with E-state index in [1.165, 1.54) is 38.2 Å². The zero-order chi connectivity index (χ0) is 25.2. The summed E-state index contributed by atoms with van der Waals surface area (Å²) in [4.78, 5) is 4.99. The summed E-state index contributed by atoms with van der Waals surface area (Å²) in [6.07, 6.45) is 6.33. The van der Waals surface area contributed by atoms with Crippen LogP contribution in [-0.4, -0.2) is 30.2 Å². The fourth-order valence-electron chi connectivity index (χ4n) is 5.14. The number of aromatic amines is 1. The van der Waals surface area contributed by atoms with Gasteiger partial charge in [-0.2, -0.15) is 0 Å². The number of ether oxygens (including phenoxy) is 1. The molecule has 188 valence electrons. The van der Waals surface area contributed by atoms with Crippen molar-refractivity contribution in [2.45, 2.75) is 45.3 Å². The van der Waals surface area contributed by atoms with Crippen molar-refractivity contribution in [2.75, 3.05) is 0 Å². The molecular formula is C28H26ClFN6O. The van der Waals surface area contributed by atoms with Gasteiger partial charge in [-0.3, -0.25) is 0 Å². The molecule has 0 radical (unpaired) electrons. The number of nitrogens with one attached hydrogen (secondary N) is 1. The molecule has 3 aromatic carbocycles. The van der Waals surface area contributed by atoms with E-state index in [1.807, 2.05) is 30.3 Å². The summed E-state index contributed by atoms with van der Waals surface area (Å²) in [5.41, 5.74) is 3.86. The average molecular weight is 517 g/mol. The van der Waals surface area contributed by atoms with Crippen LogP contribution in [0.15, 0.2) is 60.7 Å². The highest BCUT2D eigenvalue weighted by atomic mass is 35.5. The van der Waals surface area contributed by atoms with Gasteiger partial charge in [-0.1, -0.05) is 55.1 Å². The lowest BCUT2D eigenvalue weighted by atomic mass is 9.89. The molecule has 5 aromatic rings. The molecule has 1 aliphatic carbocycles. The third kappa shape index (κ3) is 4.93. The van der Waals surface area contributed by atoms with Gasteiger partial charge in [0.25, 0.3) is 0 Å². The van der Waals surface area contributed by atoms with E-state index in [1.54, 1.807) is 18.2 Å². The first-order chi connectivity index (χ1) is 18.2. The van der Waals surface area contributed by atoms with Crippen LogP contribution in [0.2, 0.25) is 5.02 Å². The Morgan fingerprint density at radius 1 is 1.03 bits per heavy atom. The molecule has 0 atom stereocenters. The van der Waals surface area contributed by atoms with Crippen LogP contribution < -0.4 is 4.74 Å². The molecule has 1 saturated carbocycles. The fourth-order valence-corrected chi connectivity index (χ4v) is 5.30. The molecule has 1 fully saturated rings. The summed E-state index contributed by atoms with van der Waals surface area (Å²) in [7, 11) is 0. The number of benzene rings is 3. The number of hydrogen-bond acceptors (Lipinski definition) is 5. The van der Waals surface area contributed by atoms with Crippen molar-refractivity contribution in [2.24, 2.45) is 5.92 Å². The molecule has 1 aliphatic rings. The highest BCUT2D eigenvalue weighted by Gasteiger charge is 2.21. The van der Waals surface area contributed by atoms with Crippen molar-refractivity contribution >= 4 is 22.6 Å². The van der Waals surface area contributed by atoms with Gasteiger partial charge in [-0.15, -0.1) is 5.10 Å². The molecule has 0 bridgehead atoms. The van der Waals surface area contributed by atoms with Crippen LogP contribution in [-0.2, 0) is 13.2 Å². The van der Waals surface area contributed by atoms with Crippen molar-refractivity contribution in [1.29, 1.82) is 0 Å². The lowest BCUT2D eigenvalue weighted by Crippen LogP contribution is -2.15. The van der Waals surface area contributed by atoms with E-state index in [0.717, 1.165) is 29.0 Å².